The van der Waals surface area contributed by atoms with E-state index >= 15 is 0 Å². The Morgan fingerprint density at radius 2 is 2.27 bits per heavy atom. The van der Waals surface area contributed by atoms with Gasteiger partial charge in [-0.1, -0.05) is 35.4 Å². The van der Waals surface area contributed by atoms with Crippen molar-refractivity contribution in [2.45, 2.75) is 6.92 Å². The van der Waals surface area contributed by atoms with E-state index in [1.807, 2.05) is 37.3 Å². The van der Waals surface area contributed by atoms with Crippen LogP contribution in [0.5, 0.6) is 0 Å². The normalized spacial score (nSPS) is 9.93. The molecule has 0 saturated heterocycles. The fraction of sp³-hybridized carbons (Fsp3) is 0.0909. The number of H-pyrrole nitrogens is 1. The molecule has 0 fully saturated rings. The van der Waals surface area contributed by atoms with Crippen LogP contribution in [0.4, 0.5) is 0 Å². The Kier molecular flexibility index (Phi) is 2.44. The lowest BCUT2D eigenvalue weighted by atomic mass is 10.1. The third-order valence-electron chi connectivity index (χ3n) is 2.06. The van der Waals surface area contributed by atoms with Crippen molar-refractivity contribution in [3.8, 4) is 17.3 Å². The fourth-order valence-electron chi connectivity index (χ4n) is 1.39. The van der Waals surface area contributed by atoms with Crippen LogP contribution in [0.15, 0.2) is 24.3 Å². The van der Waals surface area contributed by atoms with E-state index in [0.717, 1.165) is 11.1 Å². The highest BCUT2D eigenvalue weighted by Crippen LogP contribution is 2.25. The van der Waals surface area contributed by atoms with Crippen molar-refractivity contribution in [3.05, 3.63) is 40.8 Å². The summed E-state index contributed by atoms with van der Waals surface area (Å²) < 4.78 is 0. The molecule has 0 unspecified atom stereocenters. The number of nitriles is 1. The monoisotopic (exact) mass is 217 g/mol. The number of aryl methyl sites for hydroxylation is 1. The molecule has 1 aromatic carbocycles. The van der Waals surface area contributed by atoms with Gasteiger partial charge in [-0.3, -0.25) is 0 Å². The number of aromatic amines is 1. The molecular formula is C11H8ClN3. The number of imidazole rings is 1. The maximum atomic E-state index is 8.67. The van der Waals surface area contributed by atoms with Gasteiger partial charge in [0, 0.05) is 5.56 Å². The lowest BCUT2D eigenvalue weighted by molar-refractivity contribution is 1.23. The molecule has 2 rings (SSSR count). The first kappa shape index (κ1) is 9.75. The Morgan fingerprint density at radius 3 is 2.87 bits per heavy atom. The van der Waals surface area contributed by atoms with Crippen molar-refractivity contribution >= 4 is 11.6 Å². The van der Waals surface area contributed by atoms with Crippen molar-refractivity contribution in [2.75, 3.05) is 0 Å². The van der Waals surface area contributed by atoms with Crippen LogP contribution in [0.25, 0.3) is 11.3 Å². The average molecular weight is 218 g/mol. The Hall–Kier alpha value is -1.79. The number of nitrogens with zero attached hydrogens (tertiary/aromatic N) is 2. The zero-order valence-corrected chi connectivity index (χ0v) is 8.84. The standard InChI is InChI=1S/C11H8ClN3/c1-7-3-2-4-8(5-7)10-11(12)15-9(6-13)14-10/h2-5H,1H3,(H,14,15). The molecule has 1 N–H and O–H groups in total. The van der Waals surface area contributed by atoms with Crippen LogP contribution >= 0.6 is 11.6 Å². The molecule has 3 nitrogen and oxygen atoms in total. The van der Waals surface area contributed by atoms with Crippen LogP contribution in [-0.4, -0.2) is 9.97 Å². The molecule has 0 radical (unpaired) electrons. The molecule has 0 aliphatic heterocycles. The van der Waals surface area contributed by atoms with Crippen molar-refractivity contribution < 1.29 is 0 Å². The van der Waals surface area contributed by atoms with Gasteiger partial charge in [-0.25, -0.2) is 4.98 Å². The second-order valence-corrected chi connectivity index (χ2v) is 3.61. The number of halogens is 1. The number of rotatable bonds is 1. The minimum absolute atomic E-state index is 0.233. The van der Waals surface area contributed by atoms with Gasteiger partial charge in [-0.05, 0) is 13.0 Å². The largest absolute Gasteiger partial charge is 0.320 e. The first-order chi connectivity index (χ1) is 7.20. The molecule has 2 aromatic rings. The smallest absolute Gasteiger partial charge is 0.211 e. The van der Waals surface area contributed by atoms with Crippen LogP contribution in [0.3, 0.4) is 0 Å². The van der Waals surface area contributed by atoms with E-state index < -0.39 is 0 Å². The quantitative estimate of drug-likeness (QED) is 0.799. The van der Waals surface area contributed by atoms with E-state index in [-0.39, 0.29) is 5.82 Å². The predicted molar refractivity (Wildman–Crippen MR) is 58.5 cm³/mol. The molecule has 1 aromatic heterocycles. The molecule has 0 aliphatic rings. The molecule has 0 spiro atoms. The first-order valence-electron chi connectivity index (χ1n) is 4.43. The molecule has 0 bridgehead atoms. The van der Waals surface area contributed by atoms with E-state index in [2.05, 4.69) is 9.97 Å². The maximum absolute atomic E-state index is 8.67. The van der Waals surface area contributed by atoms with Crippen LogP contribution in [0.1, 0.15) is 11.4 Å². The van der Waals surface area contributed by atoms with Crippen LogP contribution in [-0.2, 0) is 0 Å². The fourth-order valence-corrected chi connectivity index (χ4v) is 1.63. The van der Waals surface area contributed by atoms with E-state index in [4.69, 9.17) is 16.9 Å². The Bertz CT molecular complexity index is 537. The molecular weight excluding hydrogens is 210 g/mol. The summed E-state index contributed by atoms with van der Waals surface area (Å²) in [4.78, 5) is 6.80. The number of hydrogen-bond donors (Lipinski definition) is 1. The predicted octanol–water partition coefficient (Wildman–Crippen LogP) is 2.91. The van der Waals surface area contributed by atoms with Gasteiger partial charge in [0.05, 0.1) is 0 Å². The van der Waals surface area contributed by atoms with Crippen LogP contribution < -0.4 is 0 Å². The SMILES string of the molecule is Cc1cccc(-c2nc(C#N)[nH]c2Cl)c1. The number of hydrogen-bond acceptors (Lipinski definition) is 2. The number of benzene rings is 1. The maximum Gasteiger partial charge on any atom is 0.211 e. The molecule has 74 valence electrons. The van der Waals surface area contributed by atoms with Crippen molar-refractivity contribution in [1.82, 2.24) is 9.97 Å². The van der Waals surface area contributed by atoms with Gasteiger partial charge >= 0.3 is 0 Å². The zero-order valence-electron chi connectivity index (χ0n) is 8.08. The summed E-state index contributed by atoms with van der Waals surface area (Å²) in [7, 11) is 0. The molecule has 0 atom stereocenters. The first-order valence-corrected chi connectivity index (χ1v) is 4.81. The number of aromatic nitrogens is 2. The van der Waals surface area contributed by atoms with E-state index in [1.54, 1.807) is 0 Å². The minimum Gasteiger partial charge on any atom is -0.320 e. The lowest BCUT2D eigenvalue weighted by Crippen LogP contribution is -1.80. The second kappa shape index (κ2) is 3.76. The van der Waals surface area contributed by atoms with E-state index in [9.17, 15) is 0 Å². The lowest BCUT2D eigenvalue weighted by Gasteiger charge is -1.98. The van der Waals surface area contributed by atoms with Gasteiger partial charge in [-0.15, -0.1) is 0 Å². The summed E-state index contributed by atoms with van der Waals surface area (Å²) in [5, 5.41) is 9.07. The van der Waals surface area contributed by atoms with Gasteiger partial charge in [0.25, 0.3) is 0 Å². The Morgan fingerprint density at radius 1 is 1.47 bits per heavy atom. The Labute approximate surface area is 92.3 Å². The van der Waals surface area contributed by atoms with Crippen molar-refractivity contribution in [2.24, 2.45) is 0 Å². The molecule has 1 heterocycles. The van der Waals surface area contributed by atoms with Gasteiger partial charge in [-0.2, -0.15) is 5.26 Å². The number of nitrogens with one attached hydrogen (secondary N) is 1. The summed E-state index contributed by atoms with van der Waals surface area (Å²) >= 11 is 5.94. The van der Waals surface area contributed by atoms with Crippen LogP contribution in [0, 0.1) is 18.3 Å². The van der Waals surface area contributed by atoms with Gasteiger partial charge < -0.3 is 4.98 Å². The van der Waals surface area contributed by atoms with Crippen molar-refractivity contribution in [3.63, 3.8) is 0 Å². The zero-order chi connectivity index (χ0) is 10.8. The molecule has 15 heavy (non-hydrogen) atoms. The molecule has 0 saturated carbocycles. The van der Waals surface area contributed by atoms with Gasteiger partial charge in [0.2, 0.25) is 5.82 Å². The third-order valence-corrected chi connectivity index (χ3v) is 2.33. The highest BCUT2D eigenvalue weighted by Gasteiger charge is 2.09. The van der Waals surface area contributed by atoms with Crippen molar-refractivity contribution in [1.29, 1.82) is 5.26 Å². The topological polar surface area (TPSA) is 52.5 Å². The Balaban J connectivity index is 2.54. The summed E-state index contributed by atoms with van der Waals surface area (Å²) in [5.74, 6) is 0.233. The summed E-state index contributed by atoms with van der Waals surface area (Å²) in [6, 6.07) is 9.74. The average Bonchev–Trinajstić information content (AvgIpc) is 2.60. The molecule has 0 amide bonds. The highest BCUT2D eigenvalue weighted by molar-refractivity contribution is 6.31. The molecule has 0 aliphatic carbocycles. The molecule has 4 heteroatoms. The summed E-state index contributed by atoms with van der Waals surface area (Å²) in [6.45, 7) is 2.00. The van der Waals surface area contributed by atoms with Gasteiger partial charge in [0.15, 0.2) is 0 Å². The second-order valence-electron chi connectivity index (χ2n) is 3.23. The van der Waals surface area contributed by atoms with E-state index in [1.165, 1.54) is 0 Å². The van der Waals surface area contributed by atoms with E-state index in [0.29, 0.717) is 10.8 Å². The third kappa shape index (κ3) is 1.85. The summed E-state index contributed by atoms with van der Waals surface area (Å²) in [6.07, 6.45) is 0. The summed E-state index contributed by atoms with van der Waals surface area (Å²) in [5.41, 5.74) is 2.67. The highest BCUT2D eigenvalue weighted by atomic mass is 35.5. The van der Waals surface area contributed by atoms with Crippen LogP contribution in [0.2, 0.25) is 5.15 Å². The minimum atomic E-state index is 0.233. The van der Waals surface area contributed by atoms with Gasteiger partial charge in [0.1, 0.15) is 16.9 Å².